The van der Waals surface area contributed by atoms with E-state index in [1.807, 2.05) is 31.2 Å². The summed E-state index contributed by atoms with van der Waals surface area (Å²) in [6.45, 7) is 6.10. The molecule has 0 bridgehead atoms. The first-order chi connectivity index (χ1) is 10.2. The lowest BCUT2D eigenvalue weighted by atomic mass is 9.97. The zero-order valence-corrected chi connectivity index (χ0v) is 12.8. The Balaban J connectivity index is 1.84. The van der Waals surface area contributed by atoms with Crippen LogP contribution in [0.1, 0.15) is 42.1 Å². The van der Waals surface area contributed by atoms with Crippen molar-refractivity contribution >= 4 is 5.91 Å². The Morgan fingerprint density at radius 1 is 1.29 bits per heavy atom. The van der Waals surface area contributed by atoms with Crippen LogP contribution in [0, 0.1) is 5.92 Å². The van der Waals surface area contributed by atoms with Gasteiger partial charge in [-0.05, 0) is 56.0 Å². The van der Waals surface area contributed by atoms with Crippen molar-refractivity contribution in [2.24, 2.45) is 5.92 Å². The number of aliphatic hydroxyl groups is 1. The molecule has 1 heterocycles. The van der Waals surface area contributed by atoms with Crippen LogP contribution in [-0.4, -0.2) is 42.2 Å². The third-order valence-corrected chi connectivity index (χ3v) is 4.12. The number of likely N-dealkylation sites (tertiary alicyclic amines) is 1. The van der Waals surface area contributed by atoms with Crippen LogP contribution in [0.4, 0.5) is 0 Å². The van der Waals surface area contributed by atoms with Gasteiger partial charge in [0.1, 0.15) is 0 Å². The fraction of sp³-hybridized carbons (Fsp3) is 0.588. The highest BCUT2D eigenvalue weighted by Crippen LogP contribution is 2.18. The summed E-state index contributed by atoms with van der Waals surface area (Å²) in [6, 6.07) is 7.89. The molecule has 0 radical (unpaired) electrons. The Bertz CT molecular complexity index is 437. The van der Waals surface area contributed by atoms with Crippen molar-refractivity contribution in [2.45, 2.75) is 32.7 Å². The Morgan fingerprint density at radius 3 is 2.52 bits per heavy atom. The van der Waals surface area contributed by atoms with Crippen LogP contribution < -0.4 is 5.32 Å². The topological polar surface area (TPSA) is 52.6 Å². The molecule has 1 aliphatic heterocycles. The molecule has 0 atom stereocenters. The number of hydrogen-bond acceptors (Lipinski definition) is 3. The van der Waals surface area contributed by atoms with Crippen LogP contribution in [0.25, 0.3) is 0 Å². The minimum Gasteiger partial charge on any atom is -0.396 e. The average Bonchev–Trinajstić information content (AvgIpc) is 2.54. The van der Waals surface area contributed by atoms with E-state index >= 15 is 0 Å². The average molecular weight is 290 g/mol. The van der Waals surface area contributed by atoms with Gasteiger partial charge < -0.3 is 10.4 Å². The van der Waals surface area contributed by atoms with Crippen molar-refractivity contribution in [1.29, 1.82) is 0 Å². The molecular formula is C17H26N2O2. The molecule has 0 saturated carbocycles. The van der Waals surface area contributed by atoms with E-state index in [0.29, 0.717) is 12.5 Å². The summed E-state index contributed by atoms with van der Waals surface area (Å²) in [5, 5.41) is 12.0. The SMILES string of the molecule is CCCNC(=O)c1ccc(CN2CCC(CO)CC2)cc1. The van der Waals surface area contributed by atoms with E-state index < -0.39 is 0 Å². The molecule has 2 rings (SSSR count). The molecule has 0 unspecified atom stereocenters. The van der Waals surface area contributed by atoms with E-state index in [-0.39, 0.29) is 5.91 Å². The maximum Gasteiger partial charge on any atom is 0.251 e. The molecule has 1 aromatic carbocycles. The molecule has 1 fully saturated rings. The number of carbonyl (C=O) groups is 1. The zero-order valence-electron chi connectivity index (χ0n) is 12.8. The fourth-order valence-corrected chi connectivity index (χ4v) is 2.69. The zero-order chi connectivity index (χ0) is 15.1. The quantitative estimate of drug-likeness (QED) is 0.843. The van der Waals surface area contributed by atoms with Crippen molar-refractivity contribution in [3.05, 3.63) is 35.4 Å². The Kier molecular flexibility index (Phi) is 6.21. The maximum absolute atomic E-state index is 11.8. The van der Waals surface area contributed by atoms with Crippen LogP contribution in [0.15, 0.2) is 24.3 Å². The van der Waals surface area contributed by atoms with E-state index in [2.05, 4.69) is 10.2 Å². The summed E-state index contributed by atoms with van der Waals surface area (Å²) in [6.07, 6.45) is 3.11. The highest BCUT2D eigenvalue weighted by molar-refractivity contribution is 5.94. The van der Waals surface area contributed by atoms with Gasteiger partial charge in [-0.3, -0.25) is 9.69 Å². The van der Waals surface area contributed by atoms with Crippen LogP contribution in [-0.2, 0) is 6.54 Å². The molecular weight excluding hydrogens is 264 g/mol. The second kappa shape index (κ2) is 8.15. The number of amides is 1. The van der Waals surface area contributed by atoms with Gasteiger partial charge in [-0.15, -0.1) is 0 Å². The third-order valence-electron chi connectivity index (χ3n) is 4.12. The molecule has 116 valence electrons. The van der Waals surface area contributed by atoms with Gasteiger partial charge in [-0.1, -0.05) is 19.1 Å². The summed E-state index contributed by atoms with van der Waals surface area (Å²) < 4.78 is 0. The summed E-state index contributed by atoms with van der Waals surface area (Å²) in [4.78, 5) is 14.2. The van der Waals surface area contributed by atoms with Gasteiger partial charge in [-0.2, -0.15) is 0 Å². The molecule has 0 aromatic heterocycles. The molecule has 1 aromatic rings. The minimum atomic E-state index is 0.00663. The molecule has 4 nitrogen and oxygen atoms in total. The number of benzene rings is 1. The van der Waals surface area contributed by atoms with Crippen molar-refractivity contribution < 1.29 is 9.90 Å². The Labute approximate surface area is 127 Å². The number of aliphatic hydroxyl groups excluding tert-OH is 1. The number of carbonyl (C=O) groups excluding carboxylic acids is 1. The van der Waals surface area contributed by atoms with Gasteiger partial charge in [0.15, 0.2) is 0 Å². The normalized spacial score (nSPS) is 16.9. The highest BCUT2D eigenvalue weighted by atomic mass is 16.3. The number of piperidine rings is 1. The summed E-state index contributed by atoms with van der Waals surface area (Å²) >= 11 is 0. The first-order valence-electron chi connectivity index (χ1n) is 7.93. The molecule has 2 N–H and O–H groups in total. The summed E-state index contributed by atoms with van der Waals surface area (Å²) in [5.41, 5.74) is 1.97. The van der Waals surface area contributed by atoms with E-state index in [1.54, 1.807) is 0 Å². The van der Waals surface area contributed by atoms with E-state index in [1.165, 1.54) is 5.56 Å². The van der Waals surface area contributed by atoms with Crippen molar-refractivity contribution in [2.75, 3.05) is 26.2 Å². The fourth-order valence-electron chi connectivity index (χ4n) is 2.69. The number of nitrogens with zero attached hydrogens (tertiary/aromatic N) is 1. The monoisotopic (exact) mass is 290 g/mol. The number of rotatable bonds is 6. The lowest BCUT2D eigenvalue weighted by Gasteiger charge is -2.31. The Morgan fingerprint density at radius 2 is 1.95 bits per heavy atom. The predicted octanol–water partition coefficient (Wildman–Crippen LogP) is 2.03. The third kappa shape index (κ3) is 4.83. The second-order valence-electron chi connectivity index (χ2n) is 5.85. The first-order valence-corrected chi connectivity index (χ1v) is 7.93. The van der Waals surface area contributed by atoms with Gasteiger partial charge in [-0.25, -0.2) is 0 Å². The standard InChI is InChI=1S/C17H26N2O2/c1-2-9-18-17(21)16-5-3-14(4-6-16)12-19-10-7-15(13-20)8-11-19/h3-6,15,20H,2,7-13H2,1H3,(H,18,21). The lowest BCUT2D eigenvalue weighted by molar-refractivity contribution is 0.0953. The maximum atomic E-state index is 11.8. The van der Waals surface area contributed by atoms with Crippen LogP contribution in [0.5, 0.6) is 0 Å². The van der Waals surface area contributed by atoms with Crippen molar-refractivity contribution in [1.82, 2.24) is 10.2 Å². The molecule has 1 amide bonds. The smallest absolute Gasteiger partial charge is 0.251 e. The largest absolute Gasteiger partial charge is 0.396 e. The van der Waals surface area contributed by atoms with Gasteiger partial charge >= 0.3 is 0 Å². The molecule has 0 aliphatic carbocycles. The van der Waals surface area contributed by atoms with Crippen molar-refractivity contribution in [3.63, 3.8) is 0 Å². The van der Waals surface area contributed by atoms with Crippen LogP contribution in [0.3, 0.4) is 0 Å². The molecule has 1 saturated heterocycles. The number of hydrogen-bond donors (Lipinski definition) is 2. The second-order valence-corrected chi connectivity index (χ2v) is 5.85. The predicted molar refractivity (Wildman–Crippen MR) is 84.2 cm³/mol. The lowest BCUT2D eigenvalue weighted by Crippen LogP contribution is -2.34. The first kappa shape index (κ1) is 16.0. The molecule has 21 heavy (non-hydrogen) atoms. The van der Waals surface area contributed by atoms with Crippen LogP contribution in [0.2, 0.25) is 0 Å². The van der Waals surface area contributed by atoms with Gasteiger partial charge in [0.05, 0.1) is 0 Å². The van der Waals surface area contributed by atoms with E-state index in [4.69, 9.17) is 5.11 Å². The highest BCUT2D eigenvalue weighted by Gasteiger charge is 2.18. The van der Waals surface area contributed by atoms with E-state index in [9.17, 15) is 4.79 Å². The molecule has 0 spiro atoms. The Hall–Kier alpha value is -1.39. The van der Waals surface area contributed by atoms with Crippen LogP contribution >= 0.6 is 0 Å². The van der Waals surface area contributed by atoms with Crippen molar-refractivity contribution in [3.8, 4) is 0 Å². The molecule has 1 aliphatic rings. The molecule has 4 heteroatoms. The minimum absolute atomic E-state index is 0.00663. The van der Waals surface area contributed by atoms with E-state index in [0.717, 1.165) is 51.0 Å². The van der Waals surface area contributed by atoms with Gasteiger partial charge in [0, 0.05) is 25.3 Å². The van der Waals surface area contributed by atoms with Gasteiger partial charge in [0.25, 0.3) is 5.91 Å². The summed E-state index contributed by atoms with van der Waals surface area (Å²) in [7, 11) is 0. The van der Waals surface area contributed by atoms with Gasteiger partial charge in [0.2, 0.25) is 0 Å². The summed E-state index contributed by atoms with van der Waals surface area (Å²) in [5.74, 6) is 0.484. The number of nitrogens with one attached hydrogen (secondary N) is 1.